The number of rotatable bonds is 7. The molecular formula is C10H15BrN2O4S2. The molecule has 0 bridgehead atoms. The van der Waals surface area contributed by atoms with Gasteiger partial charge in [-0.3, -0.25) is 0 Å². The molecule has 1 aromatic rings. The number of halogens is 1. The Labute approximate surface area is 121 Å². The Morgan fingerprint density at radius 3 is 2.32 bits per heavy atom. The fourth-order valence-electron chi connectivity index (χ4n) is 1.34. The topological polar surface area (TPSA) is 92.3 Å². The van der Waals surface area contributed by atoms with Crippen LogP contribution in [0.2, 0.25) is 0 Å². The van der Waals surface area contributed by atoms with Crippen molar-refractivity contribution in [3.63, 3.8) is 0 Å². The van der Waals surface area contributed by atoms with Crippen molar-refractivity contribution in [3.8, 4) is 0 Å². The highest BCUT2D eigenvalue weighted by atomic mass is 79.9. The molecule has 0 saturated heterocycles. The fraction of sp³-hybridized carbons (Fsp3) is 0.400. The molecule has 1 rings (SSSR count). The highest BCUT2D eigenvalue weighted by molar-refractivity contribution is 9.10. The minimum absolute atomic E-state index is 0.0795. The van der Waals surface area contributed by atoms with Crippen molar-refractivity contribution < 1.29 is 16.8 Å². The minimum atomic E-state index is -3.72. The predicted molar refractivity (Wildman–Crippen MR) is 76.8 cm³/mol. The summed E-state index contributed by atoms with van der Waals surface area (Å²) in [7, 11) is -7.15. The van der Waals surface area contributed by atoms with Crippen molar-refractivity contribution in [1.29, 1.82) is 0 Å². The molecule has 1 aromatic carbocycles. The van der Waals surface area contributed by atoms with Crippen LogP contribution in [0.15, 0.2) is 33.6 Å². The molecule has 0 fully saturated rings. The van der Waals surface area contributed by atoms with Gasteiger partial charge >= 0.3 is 0 Å². The highest BCUT2D eigenvalue weighted by Gasteiger charge is 2.18. The van der Waals surface area contributed by atoms with E-state index in [9.17, 15) is 16.8 Å². The summed E-state index contributed by atoms with van der Waals surface area (Å²) in [4.78, 5) is 0.0795. The second-order valence-electron chi connectivity index (χ2n) is 3.64. The molecule has 108 valence electrons. The molecule has 0 atom stereocenters. The third kappa shape index (κ3) is 5.19. The van der Waals surface area contributed by atoms with Gasteiger partial charge in [-0.15, -0.1) is 0 Å². The molecule has 9 heteroatoms. The van der Waals surface area contributed by atoms with Crippen molar-refractivity contribution in [2.24, 2.45) is 0 Å². The van der Waals surface area contributed by atoms with Crippen LogP contribution in [-0.2, 0) is 20.0 Å². The molecule has 0 radical (unpaired) electrons. The lowest BCUT2D eigenvalue weighted by molar-refractivity contribution is 0.576. The summed E-state index contributed by atoms with van der Waals surface area (Å²) < 4.78 is 51.6. The molecule has 0 saturated carbocycles. The van der Waals surface area contributed by atoms with E-state index in [0.717, 1.165) is 0 Å². The van der Waals surface area contributed by atoms with Gasteiger partial charge < -0.3 is 0 Å². The SMILES string of the molecule is CCNS(=O)(=O)CCNS(=O)(=O)c1ccccc1Br. The molecular weight excluding hydrogens is 356 g/mol. The van der Waals surface area contributed by atoms with Crippen LogP contribution in [0.3, 0.4) is 0 Å². The van der Waals surface area contributed by atoms with Gasteiger partial charge in [-0.1, -0.05) is 19.1 Å². The maximum absolute atomic E-state index is 11.9. The van der Waals surface area contributed by atoms with E-state index >= 15 is 0 Å². The molecule has 6 nitrogen and oxygen atoms in total. The third-order valence-corrected chi connectivity index (χ3v) is 6.10. The lowest BCUT2D eigenvalue weighted by Gasteiger charge is -2.08. The monoisotopic (exact) mass is 370 g/mol. The summed E-state index contributed by atoms with van der Waals surface area (Å²) in [6.07, 6.45) is 0. The highest BCUT2D eigenvalue weighted by Crippen LogP contribution is 2.20. The zero-order valence-electron chi connectivity index (χ0n) is 10.3. The Kier molecular flexibility index (Phi) is 5.93. The van der Waals surface area contributed by atoms with Gasteiger partial charge in [0.15, 0.2) is 0 Å². The van der Waals surface area contributed by atoms with Gasteiger partial charge in [-0.05, 0) is 28.1 Å². The molecule has 0 spiro atoms. The summed E-state index contributed by atoms with van der Waals surface area (Å²) in [6.45, 7) is 1.75. The van der Waals surface area contributed by atoms with Gasteiger partial charge in [0.2, 0.25) is 20.0 Å². The Hall–Kier alpha value is -0.480. The molecule has 2 N–H and O–H groups in total. The third-order valence-electron chi connectivity index (χ3n) is 2.15. The Balaban J connectivity index is 2.70. The Morgan fingerprint density at radius 2 is 1.74 bits per heavy atom. The van der Waals surface area contributed by atoms with Gasteiger partial charge in [0.25, 0.3) is 0 Å². The first-order valence-electron chi connectivity index (χ1n) is 5.50. The van der Waals surface area contributed by atoms with Crippen molar-refractivity contribution >= 4 is 36.0 Å². The first-order valence-corrected chi connectivity index (χ1v) is 9.43. The van der Waals surface area contributed by atoms with Crippen LogP contribution in [-0.4, -0.2) is 35.7 Å². The zero-order chi connectivity index (χ0) is 14.5. The molecule has 0 aliphatic carbocycles. The summed E-state index contributed by atoms with van der Waals surface area (Å²) in [5, 5.41) is 0. The molecule has 0 aliphatic heterocycles. The molecule has 19 heavy (non-hydrogen) atoms. The standard InChI is InChI=1S/C10H15BrN2O4S2/c1-2-12-18(14,15)8-7-13-19(16,17)10-6-4-3-5-9(10)11/h3-6,12-13H,2,7-8H2,1H3. The quantitative estimate of drug-likeness (QED) is 0.737. The average Bonchev–Trinajstić information content (AvgIpc) is 2.28. The van der Waals surface area contributed by atoms with Gasteiger partial charge in [0.05, 0.1) is 10.6 Å². The fourth-order valence-corrected chi connectivity index (χ4v) is 4.46. The lowest BCUT2D eigenvalue weighted by atomic mass is 10.4. The molecule has 0 aromatic heterocycles. The first kappa shape index (κ1) is 16.6. The summed E-state index contributed by atoms with van der Waals surface area (Å²) in [6, 6.07) is 6.32. The van der Waals surface area contributed by atoms with E-state index in [2.05, 4.69) is 25.4 Å². The van der Waals surface area contributed by atoms with Crippen LogP contribution in [0.5, 0.6) is 0 Å². The molecule has 0 unspecified atom stereocenters. The number of hydrogen-bond acceptors (Lipinski definition) is 4. The molecule has 0 amide bonds. The predicted octanol–water partition coefficient (Wildman–Crippen LogP) is 0.667. The van der Waals surface area contributed by atoms with E-state index in [1.807, 2.05) is 0 Å². The summed E-state index contributed by atoms with van der Waals surface area (Å²) in [5.74, 6) is -0.301. The van der Waals surface area contributed by atoms with Crippen LogP contribution in [0, 0.1) is 0 Å². The summed E-state index contributed by atoms with van der Waals surface area (Å²) in [5.41, 5.74) is 0. The Morgan fingerprint density at radius 1 is 1.11 bits per heavy atom. The van der Waals surface area contributed by atoms with Crippen molar-refractivity contribution in [3.05, 3.63) is 28.7 Å². The van der Waals surface area contributed by atoms with Gasteiger partial charge in [0.1, 0.15) is 0 Å². The van der Waals surface area contributed by atoms with E-state index in [1.54, 1.807) is 25.1 Å². The van der Waals surface area contributed by atoms with Crippen LogP contribution >= 0.6 is 15.9 Å². The largest absolute Gasteiger partial charge is 0.241 e. The van der Waals surface area contributed by atoms with Crippen molar-refractivity contribution in [2.75, 3.05) is 18.8 Å². The summed E-state index contributed by atoms with van der Waals surface area (Å²) >= 11 is 3.14. The maximum Gasteiger partial charge on any atom is 0.241 e. The molecule has 0 heterocycles. The van der Waals surface area contributed by atoms with E-state index < -0.39 is 20.0 Å². The van der Waals surface area contributed by atoms with Gasteiger partial charge in [0, 0.05) is 17.6 Å². The second kappa shape index (κ2) is 6.80. The van der Waals surface area contributed by atoms with Crippen LogP contribution in [0.4, 0.5) is 0 Å². The second-order valence-corrected chi connectivity index (χ2v) is 8.16. The minimum Gasteiger partial charge on any atom is -0.215 e. The van der Waals surface area contributed by atoms with Gasteiger partial charge in [-0.2, -0.15) is 0 Å². The van der Waals surface area contributed by atoms with Crippen LogP contribution < -0.4 is 9.44 Å². The van der Waals surface area contributed by atoms with Crippen LogP contribution in [0.25, 0.3) is 0 Å². The maximum atomic E-state index is 11.9. The van der Waals surface area contributed by atoms with E-state index in [-0.39, 0.29) is 23.7 Å². The number of benzene rings is 1. The van der Waals surface area contributed by atoms with Gasteiger partial charge in [-0.25, -0.2) is 26.3 Å². The van der Waals surface area contributed by atoms with E-state index in [4.69, 9.17) is 0 Å². The number of sulfonamides is 2. The smallest absolute Gasteiger partial charge is 0.215 e. The van der Waals surface area contributed by atoms with E-state index in [1.165, 1.54) is 6.07 Å². The molecule has 0 aliphatic rings. The first-order chi connectivity index (χ1) is 8.78. The number of nitrogens with one attached hydrogen (secondary N) is 2. The van der Waals surface area contributed by atoms with E-state index in [0.29, 0.717) is 4.47 Å². The normalized spacial score (nSPS) is 12.5. The lowest BCUT2D eigenvalue weighted by Crippen LogP contribution is -2.34. The van der Waals surface area contributed by atoms with Crippen molar-refractivity contribution in [2.45, 2.75) is 11.8 Å². The number of hydrogen-bond donors (Lipinski definition) is 2. The van der Waals surface area contributed by atoms with Crippen LogP contribution in [0.1, 0.15) is 6.92 Å². The van der Waals surface area contributed by atoms with Crippen molar-refractivity contribution in [1.82, 2.24) is 9.44 Å². The average molecular weight is 371 g/mol. The Bertz CT molecular complexity index is 629. The zero-order valence-corrected chi connectivity index (χ0v) is 13.5.